The molecule has 1 rings (SSSR count). The maximum absolute atomic E-state index is 12.4. The van der Waals surface area contributed by atoms with E-state index in [4.69, 9.17) is 4.74 Å². The Labute approximate surface area is 128 Å². The molecule has 0 aliphatic heterocycles. The van der Waals surface area contributed by atoms with E-state index in [-0.39, 0.29) is 5.97 Å². The number of esters is 1. The fraction of sp³-hybridized carbons (Fsp3) is 0.938. The molecule has 1 N–H and O–H groups in total. The Kier molecular flexibility index (Phi) is 8.62. The number of hydrogen-bond acceptors (Lipinski definition) is 4. The molecule has 1 fully saturated rings. The van der Waals surface area contributed by atoms with Gasteiger partial charge in [-0.3, -0.25) is 4.79 Å². The number of ether oxygens (including phenoxy) is 1. The number of hydrogen-bond donors (Lipinski definition) is 1. The third kappa shape index (κ3) is 4.66. The molecular formula is C16H31NO2S. The second-order valence-corrected chi connectivity index (χ2v) is 6.79. The Morgan fingerprint density at radius 2 is 2.15 bits per heavy atom. The minimum absolute atomic E-state index is 0.0251. The Hall–Kier alpha value is -0.220. The smallest absolute Gasteiger partial charge is 0.326 e. The van der Waals surface area contributed by atoms with Crippen LogP contribution in [0.3, 0.4) is 0 Å². The van der Waals surface area contributed by atoms with Gasteiger partial charge in [-0.2, -0.15) is 11.8 Å². The molecule has 0 aromatic heterocycles. The Balaban J connectivity index is 2.55. The van der Waals surface area contributed by atoms with Crippen molar-refractivity contribution in [2.45, 2.75) is 64.8 Å². The van der Waals surface area contributed by atoms with Gasteiger partial charge in [0.15, 0.2) is 0 Å². The van der Waals surface area contributed by atoms with Crippen molar-refractivity contribution in [2.24, 2.45) is 5.92 Å². The second kappa shape index (κ2) is 9.67. The molecule has 1 aliphatic carbocycles. The van der Waals surface area contributed by atoms with E-state index in [9.17, 15) is 4.79 Å². The van der Waals surface area contributed by atoms with Crippen LogP contribution in [0.25, 0.3) is 0 Å². The lowest BCUT2D eigenvalue weighted by Crippen LogP contribution is -2.55. The van der Waals surface area contributed by atoms with E-state index in [1.54, 1.807) is 0 Å². The number of unbranched alkanes of at least 4 members (excludes halogenated alkanes) is 1. The first-order valence-electron chi connectivity index (χ1n) is 8.21. The van der Waals surface area contributed by atoms with Gasteiger partial charge >= 0.3 is 5.97 Å². The van der Waals surface area contributed by atoms with Crippen molar-refractivity contribution in [1.29, 1.82) is 0 Å². The molecule has 0 aromatic carbocycles. The summed E-state index contributed by atoms with van der Waals surface area (Å²) in [6, 6.07) is 0. The van der Waals surface area contributed by atoms with E-state index in [1.165, 1.54) is 18.6 Å². The highest BCUT2D eigenvalue weighted by Gasteiger charge is 2.49. The van der Waals surface area contributed by atoms with Gasteiger partial charge in [-0.15, -0.1) is 0 Å². The minimum atomic E-state index is -0.407. The first-order chi connectivity index (χ1) is 9.71. The van der Waals surface area contributed by atoms with Gasteiger partial charge in [-0.05, 0) is 56.6 Å². The van der Waals surface area contributed by atoms with Crippen LogP contribution in [0.5, 0.6) is 0 Å². The Morgan fingerprint density at radius 3 is 2.80 bits per heavy atom. The maximum Gasteiger partial charge on any atom is 0.326 e. The lowest BCUT2D eigenvalue weighted by molar-refractivity contribution is -0.153. The van der Waals surface area contributed by atoms with E-state index in [1.807, 2.05) is 18.7 Å². The molecule has 2 unspecified atom stereocenters. The highest BCUT2D eigenvalue weighted by Crippen LogP contribution is 2.39. The van der Waals surface area contributed by atoms with E-state index in [0.717, 1.165) is 38.0 Å². The summed E-state index contributed by atoms with van der Waals surface area (Å²) in [4.78, 5) is 12.4. The minimum Gasteiger partial charge on any atom is -0.465 e. The van der Waals surface area contributed by atoms with Crippen molar-refractivity contribution < 1.29 is 9.53 Å². The van der Waals surface area contributed by atoms with Crippen LogP contribution in [0.1, 0.15) is 59.3 Å². The standard InChI is InChI=1S/C16H31NO2S/c1-4-7-12-20-13-10-14-9-8-11-16(14,17-5-2)15(18)19-6-3/h14,17H,4-13H2,1-3H3. The largest absolute Gasteiger partial charge is 0.465 e. The molecule has 0 saturated heterocycles. The van der Waals surface area contributed by atoms with E-state index >= 15 is 0 Å². The zero-order valence-corrected chi connectivity index (χ0v) is 14.2. The summed E-state index contributed by atoms with van der Waals surface area (Å²) in [5.74, 6) is 2.83. The summed E-state index contributed by atoms with van der Waals surface area (Å²) in [5, 5.41) is 3.46. The van der Waals surface area contributed by atoms with Crippen molar-refractivity contribution in [2.75, 3.05) is 24.7 Å². The molecule has 1 aliphatic rings. The average molecular weight is 301 g/mol. The molecule has 0 radical (unpaired) electrons. The van der Waals surface area contributed by atoms with E-state index < -0.39 is 5.54 Å². The van der Waals surface area contributed by atoms with Gasteiger partial charge < -0.3 is 10.1 Å². The van der Waals surface area contributed by atoms with Gasteiger partial charge in [0.25, 0.3) is 0 Å². The predicted molar refractivity (Wildman–Crippen MR) is 87.2 cm³/mol. The van der Waals surface area contributed by atoms with Crippen LogP contribution in [0.2, 0.25) is 0 Å². The van der Waals surface area contributed by atoms with Gasteiger partial charge in [0.05, 0.1) is 6.61 Å². The van der Waals surface area contributed by atoms with Crippen LogP contribution < -0.4 is 5.32 Å². The van der Waals surface area contributed by atoms with Crippen LogP contribution in [0.4, 0.5) is 0 Å². The summed E-state index contributed by atoms with van der Waals surface area (Å²) in [6.45, 7) is 7.51. The highest BCUT2D eigenvalue weighted by molar-refractivity contribution is 7.99. The van der Waals surface area contributed by atoms with Crippen LogP contribution in [-0.2, 0) is 9.53 Å². The van der Waals surface area contributed by atoms with Crippen LogP contribution >= 0.6 is 11.8 Å². The maximum atomic E-state index is 12.4. The molecule has 0 bridgehead atoms. The summed E-state index contributed by atoms with van der Waals surface area (Å²) in [7, 11) is 0. The van der Waals surface area contributed by atoms with Gasteiger partial charge in [-0.1, -0.05) is 26.7 Å². The number of likely N-dealkylation sites (N-methyl/N-ethyl adjacent to an activating group) is 1. The normalized spacial score (nSPS) is 25.9. The number of carbonyl (C=O) groups is 1. The molecular weight excluding hydrogens is 270 g/mol. The van der Waals surface area contributed by atoms with E-state index in [2.05, 4.69) is 19.2 Å². The first kappa shape index (κ1) is 17.8. The summed E-state index contributed by atoms with van der Waals surface area (Å²) < 4.78 is 5.35. The van der Waals surface area contributed by atoms with Gasteiger partial charge in [0, 0.05) is 0 Å². The molecule has 118 valence electrons. The SMILES string of the molecule is CCCCSCCC1CCCC1(NCC)C(=O)OCC. The van der Waals surface area contributed by atoms with Crippen molar-refractivity contribution in [1.82, 2.24) is 5.32 Å². The summed E-state index contributed by atoms with van der Waals surface area (Å²) in [5.41, 5.74) is -0.407. The quantitative estimate of drug-likeness (QED) is 0.494. The molecule has 1 saturated carbocycles. The molecule has 3 nitrogen and oxygen atoms in total. The fourth-order valence-corrected chi connectivity index (χ4v) is 4.34. The monoisotopic (exact) mass is 301 g/mol. The average Bonchev–Trinajstić information content (AvgIpc) is 2.83. The molecule has 0 amide bonds. The lowest BCUT2D eigenvalue weighted by Gasteiger charge is -2.34. The van der Waals surface area contributed by atoms with Crippen molar-refractivity contribution >= 4 is 17.7 Å². The third-order valence-corrected chi connectivity index (χ3v) is 5.31. The molecule has 0 heterocycles. The molecule has 4 heteroatoms. The molecule has 0 spiro atoms. The van der Waals surface area contributed by atoms with Gasteiger partial charge in [0.2, 0.25) is 0 Å². The Bertz CT molecular complexity index is 286. The van der Waals surface area contributed by atoms with E-state index in [0.29, 0.717) is 12.5 Å². The van der Waals surface area contributed by atoms with Crippen LogP contribution in [0, 0.1) is 5.92 Å². The summed E-state index contributed by atoms with van der Waals surface area (Å²) in [6.07, 6.45) is 6.91. The predicted octanol–water partition coefficient (Wildman–Crippen LogP) is 3.62. The number of nitrogens with one attached hydrogen (secondary N) is 1. The van der Waals surface area contributed by atoms with Crippen molar-refractivity contribution in [3.8, 4) is 0 Å². The Morgan fingerprint density at radius 1 is 1.35 bits per heavy atom. The second-order valence-electron chi connectivity index (χ2n) is 5.57. The number of carbonyl (C=O) groups excluding carboxylic acids is 1. The summed E-state index contributed by atoms with van der Waals surface area (Å²) >= 11 is 2.03. The highest BCUT2D eigenvalue weighted by atomic mass is 32.2. The van der Waals surface area contributed by atoms with Crippen LogP contribution in [0.15, 0.2) is 0 Å². The first-order valence-corrected chi connectivity index (χ1v) is 9.36. The fourth-order valence-electron chi connectivity index (χ4n) is 3.19. The van der Waals surface area contributed by atoms with Crippen LogP contribution in [-0.4, -0.2) is 36.2 Å². The molecule has 2 atom stereocenters. The van der Waals surface area contributed by atoms with Crippen molar-refractivity contribution in [3.63, 3.8) is 0 Å². The lowest BCUT2D eigenvalue weighted by atomic mass is 9.85. The zero-order valence-electron chi connectivity index (χ0n) is 13.4. The van der Waals surface area contributed by atoms with Crippen molar-refractivity contribution in [3.05, 3.63) is 0 Å². The van der Waals surface area contributed by atoms with Gasteiger partial charge in [0.1, 0.15) is 5.54 Å². The topological polar surface area (TPSA) is 38.3 Å². The molecule has 0 aromatic rings. The third-order valence-electron chi connectivity index (χ3n) is 4.21. The molecule has 20 heavy (non-hydrogen) atoms. The number of thioether (sulfide) groups is 1. The zero-order chi connectivity index (χ0) is 14.8. The van der Waals surface area contributed by atoms with Gasteiger partial charge in [-0.25, -0.2) is 0 Å². The number of rotatable bonds is 10.